The predicted octanol–water partition coefficient (Wildman–Crippen LogP) is 2.89. The van der Waals surface area contributed by atoms with Gasteiger partial charge in [0.1, 0.15) is 12.6 Å². The number of amides is 2. The average molecular weight is 466 g/mol. The molecule has 0 bridgehead atoms. The van der Waals surface area contributed by atoms with E-state index in [9.17, 15) is 18.0 Å². The van der Waals surface area contributed by atoms with Gasteiger partial charge in [0.05, 0.1) is 11.9 Å². The van der Waals surface area contributed by atoms with Crippen LogP contribution in [0.1, 0.15) is 23.6 Å². The molecule has 0 aliphatic heterocycles. The molecular weight excluding hydrogens is 438 g/mol. The van der Waals surface area contributed by atoms with E-state index in [2.05, 4.69) is 5.32 Å². The number of aryl methyl sites for hydroxylation is 2. The second-order valence-electron chi connectivity index (χ2n) is 7.50. The van der Waals surface area contributed by atoms with Crippen LogP contribution in [-0.2, 0) is 26.2 Å². The molecule has 2 rings (SSSR count). The molecule has 0 aromatic heterocycles. The normalized spacial score (nSPS) is 12.2. The van der Waals surface area contributed by atoms with Crippen molar-refractivity contribution in [1.29, 1.82) is 0 Å². The van der Waals surface area contributed by atoms with Crippen molar-refractivity contribution in [1.82, 2.24) is 10.2 Å². The van der Waals surface area contributed by atoms with Gasteiger partial charge in [0.15, 0.2) is 0 Å². The lowest BCUT2D eigenvalue weighted by atomic mass is 10.1. The summed E-state index contributed by atoms with van der Waals surface area (Å²) in [5.74, 6) is -0.841. The molecule has 0 spiro atoms. The molecule has 168 valence electrons. The first-order valence-electron chi connectivity index (χ1n) is 9.74. The van der Waals surface area contributed by atoms with Gasteiger partial charge in [-0.1, -0.05) is 47.5 Å². The number of hydrogen-bond acceptors (Lipinski definition) is 4. The van der Waals surface area contributed by atoms with Gasteiger partial charge in [-0.15, -0.1) is 0 Å². The third-order valence-electron chi connectivity index (χ3n) is 5.01. The molecule has 0 aliphatic rings. The number of likely N-dealkylation sites (N-methyl/N-ethyl adjacent to an activating group) is 1. The SMILES string of the molecule is CNC(=O)C(C)N(Cc1ccc(C)cc1)C(=O)CN(c1cc(Cl)ccc1C)S(C)(=O)=O. The van der Waals surface area contributed by atoms with Crippen LogP contribution in [0.15, 0.2) is 42.5 Å². The average Bonchev–Trinajstić information content (AvgIpc) is 2.71. The highest BCUT2D eigenvalue weighted by atomic mass is 35.5. The third kappa shape index (κ3) is 6.45. The molecule has 0 fully saturated rings. The van der Waals surface area contributed by atoms with E-state index in [4.69, 9.17) is 11.6 Å². The molecule has 2 amide bonds. The van der Waals surface area contributed by atoms with Crippen LogP contribution in [0.25, 0.3) is 0 Å². The van der Waals surface area contributed by atoms with E-state index in [1.165, 1.54) is 18.0 Å². The number of benzene rings is 2. The van der Waals surface area contributed by atoms with E-state index in [1.807, 2.05) is 31.2 Å². The molecule has 0 saturated heterocycles. The van der Waals surface area contributed by atoms with Crippen LogP contribution in [0.3, 0.4) is 0 Å². The predicted molar refractivity (Wildman–Crippen MR) is 124 cm³/mol. The number of carbonyl (C=O) groups is 2. The Morgan fingerprint density at radius 3 is 2.26 bits per heavy atom. The molecule has 9 heteroatoms. The fourth-order valence-corrected chi connectivity index (χ4v) is 4.19. The van der Waals surface area contributed by atoms with Crippen molar-refractivity contribution >= 4 is 39.1 Å². The lowest BCUT2D eigenvalue weighted by molar-refractivity contribution is -0.139. The molecule has 31 heavy (non-hydrogen) atoms. The highest BCUT2D eigenvalue weighted by molar-refractivity contribution is 7.92. The monoisotopic (exact) mass is 465 g/mol. The molecular formula is C22H28ClN3O4S. The van der Waals surface area contributed by atoms with E-state index < -0.39 is 28.5 Å². The molecule has 0 heterocycles. The number of nitrogens with one attached hydrogen (secondary N) is 1. The molecule has 2 aromatic carbocycles. The Morgan fingerprint density at radius 2 is 1.71 bits per heavy atom. The maximum Gasteiger partial charge on any atom is 0.244 e. The van der Waals surface area contributed by atoms with Gasteiger partial charge in [-0.3, -0.25) is 13.9 Å². The Kier molecular flexibility index (Phi) is 8.08. The van der Waals surface area contributed by atoms with E-state index in [0.717, 1.165) is 21.7 Å². The summed E-state index contributed by atoms with van der Waals surface area (Å²) < 4.78 is 26.1. The molecule has 1 unspecified atom stereocenters. The van der Waals surface area contributed by atoms with E-state index in [1.54, 1.807) is 26.0 Å². The number of hydrogen-bond donors (Lipinski definition) is 1. The van der Waals surface area contributed by atoms with Crippen LogP contribution < -0.4 is 9.62 Å². The summed E-state index contributed by atoms with van der Waals surface area (Å²) in [6.07, 6.45) is 1.03. The topological polar surface area (TPSA) is 86.8 Å². The van der Waals surface area contributed by atoms with E-state index in [0.29, 0.717) is 16.3 Å². The summed E-state index contributed by atoms with van der Waals surface area (Å²) in [4.78, 5) is 27.0. The molecule has 2 aromatic rings. The molecule has 1 atom stereocenters. The highest BCUT2D eigenvalue weighted by Crippen LogP contribution is 2.26. The van der Waals surface area contributed by atoms with Crippen LogP contribution in [-0.4, -0.2) is 51.0 Å². The van der Waals surface area contributed by atoms with Crippen LogP contribution in [0, 0.1) is 13.8 Å². The van der Waals surface area contributed by atoms with Crippen LogP contribution in [0.5, 0.6) is 0 Å². The van der Waals surface area contributed by atoms with Gasteiger partial charge in [-0.05, 0) is 44.0 Å². The van der Waals surface area contributed by atoms with Crippen molar-refractivity contribution in [2.24, 2.45) is 0 Å². The molecule has 0 aliphatic carbocycles. The zero-order chi connectivity index (χ0) is 23.3. The van der Waals surface area contributed by atoms with Crippen molar-refractivity contribution in [2.75, 3.05) is 24.2 Å². The Hall–Kier alpha value is -2.58. The summed E-state index contributed by atoms with van der Waals surface area (Å²) in [6.45, 7) is 5.02. The van der Waals surface area contributed by atoms with Crippen LogP contribution >= 0.6 is 11.6 Å². The maximum absolute atomic E-state index is 13.3. The number of carbonyl (C=O) groups excluding carboxylic acids is 2. The summed E-state index contributed by atoms with van der Waals surface area (Å²) in [5, 5.41) is 2.90. The van der Waals surface area contributed by atoms with Crippen molar-refractivity contribution in [3.63, 3.8) is 0 Å². The van der Waals surface area contributed by atoms with Crippen molar-refractivity contribution in [2.45, 2.75) is 33.4 Å². The van der Waals surface area contributed by atoms with Crippen molar-refractivity contribution in [3.05, 3.63) is 64.2 Å². The van der Waals surface area contributed by atoms with Gasteiger partial charge >= 0.3 is 0 Å². The van der Waals surface area contributed by atoms with Crippen LogP contribution in [0.2, 0.25) is 5.02 Å². The minimum Gasteiger partial charge on any atom is -0.357 e. The second-order valence-corrected chi connectivity index (χ2v) is 9.84. The molecule has 0 radical (unpaired) electrons. The van der Waals surface area contributed by atoms with Gasteiger partial charge < -0.3 is 10.2 Å². The second kappa shape index (κ2) is 10.2. The number of halogens is 1. The largest absolute Gasteiger partial charge is 0.357 e. The lowest BCUT2D eigenvalue weighted by Gasteiger charge is -2.31. The number of rotatable bonds is 8. The summed E-state index contributed by atoms with van der Waals surface area (Å²) in [6, 6.07) is 11.7. The van der Waals surface area contributed by atoms with Gasteiger partial charge in [0.25, 0.3) is 0 Å². The maximum atomic E-state index is 13.3. The van der Waals surface area contributed by atoms with E-state index >= 15 is 0 Å². The standard InChI is InChI=1S/C22H28ClN3O4S/c1-15-6-9-18(10-7-15)13-25(17(3)22(28)24-4)21(27)14-26(31(5,29)30)20-12-19(23)11-8-16(20)2/h6-12,17H,13-14H2,1-5H3,(H,24,28). The number of sulfonamides is 1. The highest BCUT2D eigenvalue weighted by Gasteiger charge is 2.30. The fraction of sp³-hybridized carbons (Fsp3) is 0.364. The number of nitrogens with zero attached hydrogens (tertiary/aromatic N) is 2. The first kappa shape index (κ1) is 24.7. The first-order chi connectivity index (χ1) is 14.4. The Bertz CT molecular complexity index is 1050. The summed E-state index contributed by atoms with van der Waals surface area (Å²) in [5.41, 5.74) is 2.89. The fourth-order valence-electron chi connectivity index (χ4n) is 3.13. The van der Waals surface area contributed by atoms with Gasteiger partial charge in [0, 0.05) is 18.6 Å². The minimum atomic E-state index is -3.79. The van der Waals surface area contributed by atoms with Crippen LogP contribution in [0.4, 0.5) is 5.69 Å². The van der Waals surface area contributed by atoms with Gasteiger partial charge in [-0.2, -0.15) is 0 Å². The van der Waals surface area contributed by atoms with Crippen molar-refractivity contribution in [3.8, 4) is 0 Å². The summed E-state index contributed by atoms with van der Waals surface area (Å²) in [7, 11) is -2.30. The first-order valence-corrected chi connectivity index (χ1v) is 12.0. The number of anilines is 1. The quantitative estimate of drug-likeness (QED) is 0.649. The Morgan fingerprint density at radius 1 is 1.10 bits per heavy atom. The van der Waals surface area contributed by atoms with E-state index in [-0.39, 0.29) is 12.5 Å². The zero-order valence-corrected chi connectivity index (χ0v) is 19.9. The van der Waals surface area contributed by atoms with Gasteiger partial charge in [-0.25, -0.2) is 8.42 Å². The lowest BCUT2D eigenvalue weighted by Crippen LogP contribution is -2.50. The third-order valence-corrected chi connectivity index (χ3v) is 6.37. The van der Waals surface area contributed by atoms with Gasteiger partial charge in [0.2, 0.25) is 21.8 Å². The summed E-state index contributed by atoms with van der Waals surface area (Å²) >= 11 is 6.07. The molecule has 0 saturated carbocycles. The van der Waals surface area contributed by atoms with Crippen molar-refractivity contribution < 1.29 is 18.0 Å². The minimum absolute atomic E-state index is 0.166. The smallest absolute Gasteiger partial charge is 0.244 e. The Balaban J connectivity index is 2.42. The molecule has 7 nitrogen and oxygen atoms in total. The zero-order valence-electron chi connectivity index (χ0n) is 18.3. The molecule has 1 N–H and O–H groups in total. The Labute approximate surface area is 189 Å².